The van der Waals surface area contributed by atoms with Crippen LogP contribution in [0.4, 0.5) is 10.5 Å². The molecule has 3 aliphatic rings. The lowest BCUT2D eigenvalue weighted by Crippen LogP contribution is -2.61. The van der Waals surface area contributed by atoms with Crippen molar-refractivity contribution in [2.24, 2.45) is 22.7 Å². The van der Waals surface area contributed by atoms with Crippen LogP contribution in [0.15, 0.2) is 24.3 Å². The smallest absolute Gasteiger partial charge is 0.411 e. The van der Waals surface area contributed by atoms with Crippen LogP contribution in [-0.2, 0) is 14.3 Å². The van der Waals surface area contributed by atoms with E-state index in [4.69, 9.17) is 14.2 Å². The van der Waals surface area contributed by atoms with E-state index in [1.807, 2.05) is 11.8 Å². The molecule has 6 atom stereocenters. The highest BCUT2D eigenvalue weighted by atomic mass is 16.6. The highest BCUT2D eigenvalue weighted by molar-refractivity contribution is 5.84. The Hall–Kier alpha value is -2.36. The number of morpholine rings is 1. The molecule has 2 saturated carbocycles. The molecular weight excluding hydrogens is 464 g/mol. The van der Waals surface area contributed by atoms with E-state index < -0.39 is 23.7 Å². The maximum Gasteiger partial charge on any atom is 0.411 e. The first-order valence-corrected chi connectivity index (χ1v) is 13.0. The molecule has 36 heavy (non-hydrogen) atoms. The Morgan fingerprint density at radius 1 is 1.14 bits per heavy atom. The molecule has 9 nitrogen and oxygen atoms in total. The van der Waals surface area contributed by atoms with Crippen LogP contribution in [-0.4, -0.2) is 79.3 Å². The second kappa shape index (κ2) is 10.9. The molecule has 1 saturated heterocycles. The van der Waals surface area contributed by atoms with E-state index in [1.165, 1.54) is 0 Å². The van der Waals surface area contributed by atoms with E-state index >= 15 is 0 Å². The summed E-state index contributed by atoms with van der Waals surface area (Å²) in [6.07, 6.45) is 1.17. The Labute approximate surface area is 213 Å². The van der Waals surface area contributed by atoms with Crippen molar-refractivity contribution < 1.29 is 34.0 Å². The Balaban J connectivity index is 1.47. The standard InChI is InChI=1S/C27H40N2O7/c1-26-11-10-23(36-25(33)28-18-4-6-19(34-3)7-5-18)27(2,17-30)22(26)9-8-21(31)20(26)16-24(32)29-12-14-35-15-13-29/h4-7,20-23,30-31H,8-17H2,1-3H3,(H,28,33). The van der Waals surface area contributed by atoms with Crippen molar-refractivity contribution >= 4 is 17.7 Å². The number of hydrogen-bond donors (Lipinski definition) is 3. The van der Waals surface area contributed by atoms with Gasteiger partial charge in [0.2, 0.25) is 5.91 Å². The Morgan fingerprint density at radius 3 is 2.47 bits per heavy atom. The Bertz CT molecular complexity index is 919. The summed E-state index contributed by atoms with van der Waals surface area (Å²) in [5.74, 6) is 0.515. The number of rotatable bonds is 6. The van der Waals surface area contributed by atoms with E-state index in [-0.39, 0.29) is 36.2 Å². The van der Waals surface area contributed by atoms with Gasteiger partial charge in [-0.25, -0.2) is 4.79 Å². The molecule has 6 unspecified atom stereocenters. The third-order valence-corrected chi connectivity index (χ3v) is 9.02. The molecule has 2 aliphatic carbocycles. The summed E-state index contributed by atoms with van der Waals surface area (Å²) < 4.78 is 16.4. The molecule has 1 heterocycles. The quantitative estimate of drug-likeness (QED) is 0.545. The molecule has 9 heteroatoms. The predicted molar refractivity (Wildman–Crippen MR) is 134 cm³/mol. The summed E-state index contributed by atoms with van der Waals surface area (Å²) in [5, 5.41) is 24.4. The summed E-state index contributed by atoms with van der Waals surface area (Å²) in [5.41, 5.74) is -0.455. The van der Waals surface area contributed by atoms with Crippen molar-refractivity contribution in [2.75, 3.05) is 45.3 Å². The molecule has 2 amide bonds. The van der Waals surface area contributed by atoms with Crippen LogP contribution in [0.3, 0.4) is 0 Å². The largest absolute Gasteiger partial charge is 0.497 e. The first-order valence-electron chi connectivity index (χ1n) is 13.0. The number of nitrogens with zero attached hydrogens (tertiary/aromatic N) is 1. The molecular formula is C27H40N2O7. The molecule has 4 rings (SSSR count). The number of benzene rings is 1. The van der Waals surface area contributed by atoms with Crippen LogP contribution in [0.1, 0.15) is 46.0 Å². The third-order valence-electron chi connectivity index (χ3n) is 9.02. The minimum Gasteiger partial charge on any atom is -0.497 e. The molecule has 0 radical (unpaired) electrons. The molecule has 0 aromatic heterocycles. The van der Waals surface area contributed by atoms with Crippen molar-refractivity contribution in [3.8, 4) is 5.75 Å². The first-order chi connectivity index (χ1) is 17.2. The predicted octanol–water partition coefficient (Wildman–Crippen LogP) is 3.05. The van der Waals surface area contributed by atoms with Crippen LogP contribution >= 0.6 is 0 Å². The first kappa shape index (κ1) is 26.7. The molecule has 1 aliphatic heterocycles. The summed E-state index contributed by atoms with van der Waals surface area (Å²) in [4.78, 5) is 27.7. The molecule has 0 spiro atoms. The van der Waals surface area contributed by atoms with Gasteiger partial charge in [-0.05, 0) is 67.2 Å². The molecule has 200 valence electrons. The molecule has 3 N–H and O–H groups in total. The second-order valence-electron chi connectivity index (χ2n) is 11.0. The number of nitrogens with one attached hydrogen (secondary N) is 1. The van der Waals surface area contributed by atoms with E-state index in [9.17, 15) is 19.8 Å². The number of ether oxygens (including phenoxy) is 3. The van der Waals surface area contributed by atoms with Gasteiger partial charge in [-0.3, -0.25) is 10.1 Å². The average molecular weight is 505 g/mol. The van der Waals surface area contributed by atoms with Crippen LogP contribution in [0, 0.1) is 22.7 Å². The Morgan fingerprint density at radius 2 is 1.83 bits per heavy atom. The van der Waals surface area contributed by atoms with Crippen LogP contribution in [0.2, 0.25) is 0 Å². The number of hydrogen-bond acceptors (Lipinski definition) is 7. The van der Waals surface area contributed by atoms with Crippen molar-refractivity contribution in [1.29, 1.82) is 0 Å². The lowest BCUT2D eigenvalue weighted by atomic mass is 9.46. The number of methoxy groups -OCH3 is 1. The average Bonchev–Trinajstić information content (AvgIpc) is 2.89. The van der Waals surface area contributed by atoms with Crippen molar-refractivity contribution in [2.45, 2.75) is 58.2 Å². The van der Waals surface area contributed by atoms with Crippen LogP contribution in [0.5, 0.6) is 5.75 Å². The lowest BCUT2D eigenvalue weighted by Gasteiger charge is -2.60. The maximum atomic E-state index is 13.1. The summed E-state index contributed by atoms with van der Waals surface area (Å²) >= 11 is 0. The van der Waals surface area contributed by atoms with Crippen molar-refractivity contribution in [1.82, 2.24) is 4.90 Å². The zero-order chi connectivity index (χ0) is 25.9. The van der Waals surface area contributed by atoms with E-state index in [2.05, 4.69) is 12.2 Å². The monoisotopic (exact) mass is 504 g/mol. The van der Waals surface area contributed by atoms with Gasteiger partial charge in [0, 0.05) is 30.6 Å². The molecule has 1 aromatic carbocycles. The fourth-order valence-electron chi connectivity index (χ4n) is 6.86. The summed E-state index contributed by atoms with van der Waals surface area (Å²) in [6, 6.07) is 6.99. The SMILES string of the molecule is COc1ccc(NC(=O)OC2CCC3(C)C(CC(=O)N4CCOCC4)C(O)CCC3C2(C)CO)cc1. The molecule has 1 aromatic rings. The molecule has 3 fully saturated rings. The zero-order valence-electron chi connectivity index (χ0n) is 21.6. The van der Waals surface area contributed by atoms with Gasteiger partial charge in [0.1, 0.15) is 11.9 Å². The highest BCUT2D eigenvalue weighted by Crippen LogP contribution is 2.61. The minimum atomic E-state index is -0.690. The number of fused-ring (bicyclic) bond motifs is 1. The second-order valence-corrected chi connectivity index (χ2v) is 11.0. The van der Waals surface area contributed by atoms with Crippen LogP contribution < -0.4 is 10.1 Å². The van der Waals surface area contributed by atoms with E-state index in [0.717, 1.165) is 0 Å². The van der Waals surface area contributed by atoms with E-state index in [1.54, 1.807) is 31.4 Å². The number of carbonyl (C=O) groups excluding carboxylic acids is 2. The number of anilines is 1. The third kappa shape index (κ3) is 5.19. The van der Waals surface area contributed by atoms with Crippen LogP contribution in [0.25, 0.3) is 0 Å². The van der Waals surface area contributed by atoms with Gasteiger partial charge in [0.05, 0.1) is 33.0 Å². The topological polar surface area (TPSA) is 118 Å². The zero-order valence-corrected chi connectivity index (χ0v) is 21.6. The Kier molecular flexibility index (Phi) is 8.12. The minimum absolute atomic E-state index is 0.00609. The van der Waals surface area contributed by atoms with Gasteiger partial charge >= 0.3 is 6.09 Å². The van der Waals surface area contributed by atoms with Crippen molar-refractivity contribution in [3.05, 3.63) is 24.3 Å². The van der Waals surface area contributed by atoms with Gasteiger partial charge in [-0.1, -0.05) is 13.8 Å². The number of aliphatic hydroxyl groups is 2. The maximum absolute atomic E-state index is 13.1. The highest BCUT2D eigenvalue weighted by Gasteiger charge is 2.60. The fraction of sp³-hybridized carbons (Fsp3) is 0.704. The van der Waals surface area contributed by atoms with Gasteiger partial charge in [0.25, 0.3) is 0 Å². The van der Waals surface area contributed by atoms with Gasteiger partial charge in [0.15, 0.2) is 0 Å². The number of carbonyl (C=O) groups is 2. The van der Waals surface area contributed by atoms with Gasteiger partial charge < -0.3 is 29.3 Å². The van der Waals surface area contributed by atoms with E-state index in [0.29, 0.717) is 63.4 Å². The van der Waals surface area contributed by atoms with Crippen molar-refractivity contribution in [3.63, 3.8) is 0 Å². The molecule has 0 bridgehead atoms. The lowest BCUT2D eigenvalue weighted by molar-refractivity contribution is -0.187. The summed E-state index contributed by atoms with van der Waals surface area (Å²) in [6.45, 7) is 6.20. The number of aliphatic hydroxyl groups excluding tert-OH is 2. The van der Waals surface area contributed by atoms with Gasteiger partial charge in [-0.2, -0.15) is 0 Å². The van der Waals surface area contributed by atoms with Gasteiger partial charge in [-0.15, -0.1) is 0 Å². The normalized spacial score (nSPS) is 34.4. The fourth-order valence-corrected chi connectivity index (χ4v) is 6.86. The number of amides is 2. The summed E-state index contributed by atoms with van der Waals surface area (Å²) in [7, 11) is 1.58.